The number of fused-ring (bicyclic) bond motifs is 1. The largest absolute Gasteiger partial charge is 0.454 e. The lowest BCUT2D eigenvalue weighted by Gasteiger charge is -2.07. The summed E-state index contributed by atoms with van der Waals surface area (Å²) in [6.45, 7) is 0.113. The van der Waals surface area contributed by atoms with Gasteiger partial charge in [0.05, 0.1) is 11.0 Å². The first kappa shape index (κ1) is 14.3. The second-order valence-electron chi connectivity index (χ2n) is 4.43. The second kappa shape index (κ2) is 5.65. The zero-order chi connectivity index (χ0) is 15.0. The molecule has 0 amide bonds. The Kier molecular flexibility index (Phi) is 3.86. The van der Waals surface area contributed by atoms with Crippen molar-refractivity contribution in [1.29, 1.82) is 0 Å². The molecule has 0 saturated carbocycles. The van der Waals surface area contributed by atoms with Gasteiger partial charge < -0.3 is 14.0 Å². The van der Waals surface area contributed by atoms with Crippen molar-refractivity contribution < 1.29 is 14.3 Å². The third-order valence-electron chi connectivity index (χ3n) is 3.02. The van der Waals surface area contributed by atoms with E-state index in [2.05, 4.69) is 31.9 Å². The van der Waals surface area contributed by atoms with Crippen LogP contribution in [0.2, 0.25) is 0 Å². The summed E-state index contributed by atoms with van der Waals surface area (Å²) in [5.74, 6) is 0.984. The Morgan fingerprint density at radius 2 is 1.95 bits per heavy atom. The molecule has 7 heteroatoms. The minimum atomic E-state index is -0.257. The van der Waals surface area contributed by atoms with Crippen LogP contribution in [0.5, 0.6) is 11.5 Å². The van der Waals surface area contributed by atoms with Crippen molar-refractivity contribution in [3.8, 4) is 11.5 Å². The number of Topliss-reactive ketones (excluding diaryl/α,β-unsaturated/α-hetero) is 1. The van der Waals surface area contributed by atoms with Gasteiger partial charge in [0.1, 0.15) is 0 Å². The van der Waals surface area contributed by atoms with E-state index in [0.29, 0.717) is 26.0 Å². The van der Waals surface area contributed by atoms with Crippen LogP contribution in [0.3, 0.4) is 0 Å². The number of hydrogen-bond donors (Lipinski definition) is 0. The van der Waals surface area contributed by atoms with Gasteiger partial charge in [-0.15, -0.1) is 0 Å². The highest BCUT2D eigenvalue weighted by Crippen LogP contribution is 2.32. The van der Waals surface area contributed by atoms with E-state index in [1.807, 2.05) is 0 Å². The number of ether oxygens (including phenoxy) is 2. The number of carbonyl (C=O) groups is 1. The molecule has 0 N–H and O–H groups in total. The summed E-state index contributed by atoms with van der Waals surface area (Å²) in [4.78, 5) is 24.3. The first-order valence-corrected chi connectivity index (χ1v) is 7.61. The van der Waals surface area contributed by atoms with Crippen LogP contribution in [0.1, 0.15) is 10.4 Å². The number of ketones is 1. The molecule has 0 unspecified atom stereocenters. The smallest absolute Gasteiger partial charge is 0.265 e. The van der Waals surface area contributed by atoms with E-state index in [1.54, 1.807) is 30.5 Å². The minimum Gasteiger partial charge on any atom is -0.454 e. The maximum atomic E-state index is 12.3. The van der Waals surface area contributed by atoms with Crippen LogP contribution in [-0.2, 0) is 6.54 Å². The molecule has 0 radical (unpaired) electrons. The van der Waals surface area contributed by atoms with Gasteiger partial charge in [-0.25, -0.2) is 0 Å². The summed E-state index contributed by atoms with van der Waals surface area (Å²) in [6, 6.07) is 6.62. The van der Waals surface area contributed by atoms with E-state index >= 15 is 0 Å². The maximum absolute atomic E-state index is 12.3. The van der Waals surface area contributed by atoms with Crippen LogP contribution < -0.4 is 15.0 Å². The van der Waals surface area contributed by atoms with Gasteiger partial charge >= 0.3 is 0 Å². The van der Waals surface area contributed by atoms with Gasteiger partial charge in [0.25, 0.3) is 5.56 Å². The molecule has 2 heterocycles. The zero-order valence-corrected chi connectivity index (χ0v) is 13.8. The van der Waals surface area contributed by atoms with Crippen molar-refractivity contribution in [2.24, 2.45) is 0 Å². The lowest BCUT2D eigenvalue weighted by Crippen LogP contribution is -2.24. The third kappa shape index (κ3) is 2.89. The van der Waals surface area contributed by atoms with Gasteiger partial charge in [-0.3, -0.25) is 9.59 Å². The molecule has 1 aromatic carbocycles. The summed E-state index contributed by atoms with van der Waals surface area (Å²) in [5, 5.41) is 0. The van der Waals surface area contributed by atoms with Crippen LogP contribution in [0.4, 0.5) is 0 Å². The van der Waals surface area contributed by atoms with Gasteiger partial charge in [0.2, 0.25) is 6.79 Å². The predicted octanol–water partition coefficient (Wildman–Crippen LogP) is 2.98. The molecule has 0 bridgehead atoms. The first-order chi connectivity index (χ1) is 10.0. The number of hydrogen-bond acceptors (Lipinski definition) is 4. The summed E-state index contributed by atoms with van der Waals surface area (Å²) < 4.78 is 12.9. The number of pyridine rings is 1. The number of aromatic nitrogens is 1. The molecule has 1 aromatic heterocycles. The highest BCUT2D eigenvalue weighted by molar-refractivity contribution is 9.11. The Bertz CT molecular complexity index is 785. The number of nitrogens with zero attached hydrogens (tertiary/aromatic N) is 1. The Labute approximate surface area is 136 Å². The van der Waals surface area contributed by atoms with E-state index in [4.69, 9.17) is 9.47 Å². The molecule has 1 aliphatic rings. The third-order valence-corrected chi connectivity index (χ3v) is 4.02. The fourth-order valence-corrected chi connectivity index (χ4v) is 3.26. The maximum Gasteiger partial charge on any atom is 0.265 e. The molecular weight excluding hydrogens is 406 g/mol. The molecule has 0 aliphatic carbocycles. The Hall–Kier alpha value is -1.60. The number of carbonyl (C=O) groups excluding carboxylic acids is 1. The molecule has 0 fully saturated rings. The van der Waals surface area contributed by atoms with E-state index in [-0.39, 0.29) is 24.7 Å². The van der Waals surface area contributed by atoms with Crippen molar-refractivity contribution in [2.75, 3.05) is 6.79 Å². The number of benzene rings is 1. The normalized spacial score (nSPS) is 12.5. The van der Waals surface area contributed by atoms with Crippen molar-refractivity contribution >= 4 is 37.6 Å². The number of rotatable bonds is 3. The summed E-state index contributed by atoms with van der Waals surface area (Å²) in [7, 11) is 0. The second-order valence-corrected chi connectivity index (χ2v) is 6.20. The standard InChI is InChI=1S/C14H9Br2NO4/c15-9-4-10(16)14(19)17(5-9)6-11(18)8-1-2-12-13(3-8)21-7-20-12/h1-5H,6-7H2. The molecule has 0 saturated heterocycles. The zero-order valence-electron chi connectivity index (χ0n) is 10.6. The molecule has 5 nitrogen and oxygen atoms in total. The average Bonchev–Trinajstić information content (AvgIpc) is 2.91. The molecular formula is C14H9Br2NO4. The Morgan fingerprint density at radius 1 is 1.19 bits per heavy atom. The van der Waals surface area contributed by atoms with Crippen molar-refractivity contribution in [3.05, 3.63) is 55.3 Å². The van der Waals surface area contributed by atoms with Crippen molar-refractivity contribution in [2.45, 2.75) is 6.54 Å². The Morgan fingerprint density at radius 3 is 2.76 bits per heavy atom. The fraction of sp³-hybridized carbons (Fsp3) is 0.143. The van der Waals surface area contributed by atoms with E-state index in [9.17, 15) is 9.59 Å². The molecule has 0 spiro atoms. The van der Waals surface area contributed by atoms with Gasteiger partial charge in [-0.05, 0) is 56.1 Å². The van der Waals surface area contributed by atoms with Gasteiger partial charge in [0.15, 0.2) is 17.3 Å². The van der Waals surface area contributed by atoms with Crippen LogP contribution in [-0.4, -0.2) is 17.1 Å². The summed E-state index contributed by atoms with van der Waals surface area (Å²) in [5.41, 5.74) is 0.217. The topological polar surface area (TPSA) is 57.5 Å². The van der Waals surface area contributed by atoms with E-state index in [1.165, 1.54) is 4.57 Å². The van der Waals surface area contributed by atoms with Crippen LogP contribution in [0, 0.1) is 0 Å². The Balaban J connectivity index is 1.89. The van der Waals surface area contributed by atoms with Gasteiger partial charge in [-0.2, -0.15) is 0 Å². The fourth-order valence-electron chi connectivity index (χ4n) is 2.00. The van der Waals surface area contributed by atoms with Crippen LogP contribution in [0.25, 0.3) is 0 Å². The van der Waals surface area contributed by atoms with Gasteiger partial charge in [-0.1, -0.05) is 0 Å². The van der Waals surface area contributed by atoms with Gasteiger partial charge in [0, 0.05) is 16.2 Å². The highest BCUT2D eigenvalue weighted by atomic mass is 79.9. The number of halogens is 2. The molecule has 21 heavy (non-hydrogen) atoms. The van der Waals surface area contributed by atoms with Crippen molar-refractivity contribution in [1.82, 2.24) is 4.57 Å². The monoisotopic (exact) mass is 413 g/mol. The summed E-state index contributed by atoms with van der Waals surface area (Å²) in [6.07, 6.45) is 1.58. The van der Waals surface area contributed by atoms with Crippen molar-refractivity contribution in [3.63, 3.8) is 0 Å². The molecule has 1 aliphatic heterocycles. The quantitative estimate of drug-likeness (QED) is 0.724. The SMILES string of the molecule is O=C(Cn1cc(Br)cc(Br)c1=O)c1ccc2c(c1)OCO2. The van der Waals surface area contributed by atoms with Crippen LogP contribution >= 0.6 is 31.9 Å². The molecule has 3 rings (SSSR count). The molecule has 2 aromatic rings. The predicted molar refractivity (Wildman–Crippen MR) is 83.0 cm³/mol. The van der Waals surface area contributed by atoms with Crippen LogP contribution in [0.15, 0.2) is 44.2 Å². The first-order valence-electron chi connectivity index (χ1n) is 6.03. The lowest BCUT2D eigenvalue weighted by atomic mass is 10.1. The highest BCUT2D eigenvalue weighted by Gasteiger charge is 2.17. The van der Waals surface area contributed by atoms with E-state index < -0.39 is 0 Å². The minimum absolute atomic E-state index is 0.0451. The summed E-state index contributed by atoms with van der Waals surface area (Å²) >= 11 is 6.47. The van der Waals surface area contributed by atoms with E-state index in [0.717, 1.165) is 0 Å². The molecule has 108 valence electrons. The average molecular weight is 415 g/mol. The molecule has 0 atom stereocenters. The lowest BCUT2D eigenvalue weighted by molar-refractivity contribution is 0.0970.